The highest BCUT2D eigenvalue weighted by atomic mass is 35.5. The molecular weight excluding hydrogens is 521 g/mol. The van der Waals surface area contributed by atoms with Crippen molar-refractivity contribution < 1.29 is 19.1 Å². The number of amides is 2. The summed E-state index contributed by atoms with van der Waals surface area (Å²) in [7, 11) is 0. The predicted molar refractivity (Wildman–Crippen MR) is 136 cm³/mol. The minimum absolute atomic E-state index is 0.0817. The molecule has 4 aliphatic rings. The van der Waals surface area contributed by atoms with Crippen LogP contribution in [0, 0.1) is 11.8 Å². The molecule has 0 spiro atoms. The van der Waals surface area contributed by atoms with Crippen molar-refractivity contribution in [2.45, 2.75) is 29.3 Å². The van der Waals surface area contributed by atoms with Crippen LogP contribution in [-0.4, -0.2) is 28.7 Å². The van der Waals surface area contributed by atoms with Crippen LogP contribution in [-0.2, 0) is 35.5 Å². The van der Waals surface area contributed by atoms with E-state index in [-0.39, 0.29) is 6.61 Å². The zero-order valence-corrected chi connectivity index (χ0v) is 21.3. The normalized spacial score (nSPS) is 28.4. The van der Waals surface area contributed by atoms with Crippen LogP contribution in [0.5, 0.6) is 0 Å². The van der Waals surface area contributed by atoms with Crippen molar-refractivity contribution in [3.8, 4) is 0 Å². The molecule has 3 atom stereocenters. The Labute approximate surface area is 222 Å². The van der Waals surface area contributed by atoms with Gasteiger partial charge in [0.05, 0.1) is 11.8 Å². The summed E-state index contributed by atoms with van der Waals surface area (Å²) in [5.41, 5.74) is 3.45. The van der Waals surface area contributed by atoms with Crippen LogP contribution in [0.1, 0.15) is 34.7 Å². The van der Waals surface area contributed by atoms with Gasteiger partial charge in [0.2, 0.25) is 11.8 Å². The van der Waals surface area contributed by atoms with Crippen molar-refractivity contribution in [2.75, 3.05) is 0 Å². The van der Waals surface area contributed by atoms with Crippen molar-refractivity contribution in [3.63, 3.8) is 0 Å². The van der Waals surface area contributed by atoms with Crippen LogP contribution >= 0.6 is 34.8 Å². The first-order valence-electron chi connectivity index (χ1n) is 11.6. The zero-order valence-electron chi connectivity index (χ0n) is 19.1. The molecule has 2 amide bonds. The fourth-order valence-electron chi connectivity index (χ4n) is 6.06. The maximum Gasteiger partial charge on any atom is 0.329 e. The number of imide groups is 1. The predicted octanol–water partition coefficient (Wildman–Crippen LogP) is 5.36. The summed E-state index contributed by atoms with van der Waals surface area (Å²) in [6.45, 7) is 1.40. The maximum atomic E-state index is 13.9. The lowest BCUT2D eigenvalue weighted by molar-refractivity contribution is -0.159. The van der Waals surface area contributed by atoms with Crippen LogP contribution in [0.2, 0.25) is 5.02 Å². The Balaban J connectivity index is 1.40. The number of ether oxygens (including phenoxy) is 1. The van der Waals surface area contributed by atoms with E-state index in [1.54, 1.807) is 24.3 Å². The fraction of sp³-hybridized carbons (Fsp3) is 0.250. The van der Waals surface area contributed by atoms with Crippen LogP contribution in [0.25, 0.3) is 0 Å². The molecule has 0 N–H and O–H groups in total. The molecule has 8 heteroatoms. The molecule has 0 saturated carbocycles. The van der Waals surface area contributed by atoms with Gasteiger partial charge in [0.1, 0.15) is 22.4 Å². The molecule has 1 aliphatic heterocycles. The van der Waals surface area contributed by atoms with E-state index in [0.29, 0.717) is 32.8 Å². The van der Waals surface area contributed by atoms with Gasteiger partial charge in [-0.05, 0) is 35.2 Å². The molecule has 0 aromatic heterocycles. The second-order valence-electron chi connectivity index (χ2n) is 9.39. The third-order valence-corrected chi connectivity index (χ3v) is 9.33. The number of hydrogen-bond acceptors (Lipinski definition) is 4. The lowest BCUT2D eigenvalue weighted by atomic mass is 9.54. The molecule has 1 heterocycles. The quantitative estimate of drug-likeness (QED) is 0.254. The smallest absolute Gasteiger partial charge is 0.329 e. The van der Waals surface area contributed by atoms with Gasteiger partial charge in [0.25, 0.3) is 0 Å². The minimum Gasteiger partial charge on any atom is -0.459 e. The topological polar surface area (TPSA) is 63.7 Å². The Morgan fingerprint density at radius 2 is 1.25 bits per heavy atom. The molecule has 2 bridgehead atoms. The average Bonchev–Trinajstić information content (AvgIpc) is 3.17. The maximum absolute atomic E-state index is 13.9. The summed E-state index contributed by atoms with van der Waals surface area (Å²) in [5, 5.41) is 0.456. The highest BCUT2D eigenvalue weighted by Gasteiger charge is 2.73. The van der Waals surface area contributed by atoms with Gasteiger partial charge in [-0.2, -0.15) is 0 Å². The summed E-state index contributed by atoms with van der Waals surface area (Å²) < 4.78 is 5.44. The van der Waals surface area contributed by atoms with Gasteiger partial charge < -0.3 is 4.74 Å². The fourth-order valence-corrected chi connectivity index (χ4v) is 7.35. The third kappa shape index (κ3) is 2.88. The Hall–Kier alpha value is -2.86. The number of likely N-dealkylation sites (tertiary alicyclic amines) is 1. The van der Waals surface area contributed by atoms with E-state index < -0.39 is 45.4 Å². The van der Waals surface area contributed by atoms with Crippen molar-refractivity contribution in [1.29, 1.82) is 0 Å². The van der Waals surface area contributed by atoms with Gasteiger partial charge in [-0.1, -0.05) is 78.3 Å². The number of alkyl halides is 2. The second kappa shape index (κ2) is 8.07. The molecule has 3 aromatic carbocycles. The summed E-state index contributed by atoms with van der Waals surface area (Å²) in [6, 6.07) is 20.6. The molecule has 3 aromatic rings. The molecule has 182 valence electrons. The van der Waals surface area contributed by atoms with Crippen molar-refractivity contribution in [2.24, 2.45) is 11.8 Å². The molecule has 0 unspecified atom stereocenters. The molecular formula is C28H20Cl3NO4. The monoisotopic (exact) mass is 539 g/mol. The number of nitrogens with zero attached hydrogens (tertiary/aromatic N) is 1. The van der Waals surface area contributed by atoms with E-state index in [4.69, 9.17) is 39.5 Å². The van der Waals surface area contributed by atoms with Crippen LogP contribution in [0.15, 0.2) is 72.8 Å². The first kappa shape index (κ1) is 23.5. The van der Waals surface area contributed by atoms with Crippen molar-refractivity contribution in [1.82, 2.24) is 4.90 Å². The Bertz CT molecular complexity index is 1330. The van der Waals surface area contributed by atoms with E-state index in [0.717, 1.165) is 4.90 Å². The lowest BCUT2D eigenvalue weighted by Gasteiger charge is -2.54. The molecule has 1 fully saturated rings. The van der Waals surface area contributed by atoms with Crippen molar-refractivity contribution in [3.05, 3.63) is 106 Å². The highest BCUT2D eigenvalue weighted by Crippen LogP contribution is 2.69. The van der Waals surface area contributed by atoms with Crippen molar-refractivity contribution >= 4 is 52.6 Å². The van der Waals surface area contributed by atoms with E-state index in [1.807, 2.05) is 48.5 Å². The summed E-state index contributed by atoms with van der Waals surface area (Å²) in [4.78, 5) is 39.2. The highest BCUT2D eigenvalue weighted by molar-refractivity contribution is 6.36. The number of carbonyl (C=O) groups excluding carboxylic acids is 3. The standard InChI is InChI=1S/C28H20Cl3NO4/c1-15(26(35)36-14-16-8-2-7-13-21(16)29)32-24(33)22-23(25(32)34)28(31)18-10-4-3-9-17(18)27(22,30)19-11-5-6-12-20(19)28/h2-13,15,22-23H,14H2,1H3/t15-,22-,23-,27?,28?/m1/s1. The number of rotatable bonds is 4. The first-order valence-corrected chi connectivity index (χ1v) is 12.7. The van der Waals surface area contributed by atoms with Crippen LogP contribution in [0.4, 0.5) is 0 Å². The van der Waals surface area contributed by atoms with E-state index >= 15 is 0 Å². The Kier molecular flexibility index (Phi) is 5.28. The van der Waals surface area contributed by atoms with Crippen LogP contribution < -0.4 is 0 Å². The summed E-state index contributed by atoms with van der Waals surface area (Å²) >= 11 is 21.0. The number of esters is 1. The molecule has 36 heavy (non-hydrogen) atoms. The molecule has 1 saturated heterocycles. The first-order chi connectivity index (χ1) is 17.2. The van der Waals surface area contributed by atoms with Gasteiger partial charge in [0.15, 0.2) is 0 Å². The van der Waals surface area contributed by atoms with Gasteiger partial charge in [-0.3, -0.25) is 14.5 Å². The number of halogens is 3. The lowest BCUT2D eigenvalue weighted by Crippen LogP contribution is -2.57. The zero-order chi connectivity index (χ0) is 25.4. The van der Waals surface area contributed by atoms with Gasteiger partial charge in [-0.15, -0.1) is 23.2 Å². The molecule has 7 rings (SSSR count). The molecule has 3 aliphatic carbocycles. The van der Waals surface area contributed by atoms with Gasteiger partial charge in [-0.25, -0.2) is 4.79 Å². The van der Waals surface area contributed by atoms with E-state index in [2.05, 4.69) is 0 Å². The summed E-state index contributed by atoms with van der Waals surface area (Å²) in [5.74, 6) is -3.71. The molecule has 5 nitrogen and oxygen atoms in total. The Morgan fingerprint density at radius 3 is 1.69 bits per heavy atom. The van der Waals surface area contributed by atoms with Gasteiger partial charge in [0, 0.05) is 10.6 Å². The van der Waals surface area contributed by atoms with Crippen LogP contribution in [0.3, 0.4) is 0 Å². The minimum atomic E-state index is -1.29. The second-order valence-corrected chi connectivity index (χ2v) is 11.0. The largest absolute Gasteiger partial charge is 0.459 e. The number of benzene rings is 3. The molecule has 0 radical (unpaired) electrons. The number of hydrogen-bond donors (Lipinski definition) is 0. The number of carbonyl (C=O) groups is 3. The SMILES string of the molecule is C[C@H](C(=O)OCc1ccccc1Cl)N1C(=O)[C@H]2[C@H](C1=O)C1(Cl)c3ccccc3C2(Cl)c2ccccc21. The van der Waals surface area contributed by atoms with E-state index in [9.17, 15) is 14.4 Å². The summed E-state index contributed by atoms with van der Waals surface area (Å²) in [6.07, 6.45) is 0. The third-order valence-electron chi connectivity index (χ3n) is 7.68. The van der Waals surface area contributed by atoms with Gasteiger partial charge >= 0.3 is 5.97 Å². The average molecular weight is 541 g/mol. The van der Waals surface area contributed by atoms with E-state index in [1.165, 1.54) is 6.92 Å². The Morgan fingerprint density at radius 1 is 0.833 bits per heavy atom.